The van der Waals surface area contributed by atoms with Crippen LogP contribution in [0.4, 0.5) is 5.69 Å². The molecule has 2 N–H and O–H groups in total. The molecular formula is C19H16N2. The number of nitrogens with two attached hydrogens (primary N) is 1. The molecule has 102 valence electrons. The van der Waals surface area contributed by atoms with Gasteiger partial charge in [0.25, 0.3) is 0 Å². The molecule has 0 aliphatic carbocycles. The highest BCUT2D eigenvalue weighted by molar-refractivity contribution is 6.09. The van der Waals surface area contributed by atoms with Gasteiger partial charge in [-0.15, -0.1) is 0 Å². The molecule has 0 radical (unpaired) electrons. The fourth-order valence-corrected chi connectivity index (χ4v) is 3.02. The highest BCUT2D eigenvalue weighted by atomic mass is 14.9. The molecule has 3 aromatic carbocycles. The first-order valence-electron chi connectivity index (χ1n) is 7.07. The largest absolute Gasteiger partial charge is 0.399 e. The van der Waals surface area contributed by atoms with Crippen molar-refractivity contribution in [2.45, 2.75) is 0 Å². The van der Waals surface area contributed by atoms with Crippen LogP contribution < -0.4 is 5.73 Å². The molecule has 0 saturated carbocycles. The lowest BCUT2D eigenvalue weighted by Gasteiger charge is -2.04. The Labute approximate surface area is 123 Å². The van der Waals surface area contributed by atoms with E-state index in [0.29, 0.717) is 0 Å². The van der Waals surface area contributed by atoms with Crippen molar-refractivity contribution in [1.29, 1.82) is 0 Å². The monoisotopic (exact) mass is 272 g/mol. The number of para-hydroxylation sites is 1. The van der Waals surface area contributed by atoms with Crippen LogP contribution in [0.5, 0.6) is 0 Å². The Morgan fingerprint density at radius 1 is 0.714 bits per heavy atom. The molecule has 0 aliphatic rings. The van der Waals surface area contributed by atoms with Crippen molar-refractivity contribution < 1.29 is 0 Å². The van der Waals surface area contributed by atoms with Gasteiger partial charge in [0.2, 0.25) is 0 Å². The fourth-order valence-electron chi connectivity index (χ4n) is 3.02. The number of hydrogen-bond acceptors (Lipinski definition) is 1. The Morgan fingerprint density at radius 3 is 2.19 bits per heavy atom. The summed E-state index contributed by atoms with van der Waals surface area (Å²) < 4.78 is 2.25. The third kappa shape index (κ3) is 1.80. The molecule has 2 nitrogen and oxygen atoms in total. The smallest absolute Gasteiger partial charge is 0.0489 e. The number of rotatable bonds is 1. The minimum Gasteiger partial charge on any atom is -0.399 e. The molecule has 0 aliphatic heterocycles. The zero-order chi connectivity index (χ0) is 14.4. The number of aromatic nitrogens is 1. The van der Waals surface area contributed by atoms with Crippen LogP contribution in [0.2, 0.25) is 0 Å². The molecule has 0 unspecified atom stereocenters. The second-order valence-corrected chi connectivity index (χ2v) is 5.43. The van der Waals surface area contributed by atoms with E-state index < -0.39 is 0 Å². The summed E-state index contributed by atoms with van der Waals surface area (Å²) in [6, 6.07) is 23.2. The van der Waals surface area contributed by atoms with Crippen LogP contribution in [-0.2, 0) is 7.05 Å². The van der Waals surface area contributed by atoms with E-state index in [2.05, 4.69) is 66.2 Å². The maximum absolute atomic E-state index is 5.77. The summed E-state index contributed by atoms with van der Waals surface area (Å²) >= 11 is 0. The molecule has 0 spiro atoms. The van der Waals surface area contributed by atoms with Crippen LogP contribution in [0, 0.1) is 0 Å². The van der Waals surface area contributed by atoms with E-state index in [-0.39, 0.29) is 0 Å². The molecule has 4 aromatic rings. The lowest BCUT2D eigenvalue weighted by Crippen LogP contribution is -1.86. The topological polar surface area (TPSA) is 30.9 Å². The number of hydrogen-bond donors (Lipinski definition) is 1. The number of anilines is 1. The normalized spacial score (nSPS) is 11.3. The first kappa shape index (κ1) is 12.0. The molecule has 4 rings (SSSR count). The van der Waals surface area contributed by atoms with Gasteiger partial charge in [-0.05, 0) is 41.5 Å². The van der Waals surface area contributed by atoms with Gasteiger partial charge in [0.05, 0.1) is 0 Å². The molecular weight excluding hydrogens is 256 g/mol. The maximum Gasteiger partial charge on any atom is 0.0489 e. The van der Waals surface area contributed by atoms with Crippen molar-refractivity contribution in [2.24, 2.45) is 7.05 Å². The Bertz CT molecular complexity index is 947. The molecule has 0 saturated heterocycles. The summed E-state index contributed by atoms with van der Waals surface area (Å²) in [5.74, 6) is 0. The van der Waals surface area contributed by atoms with E-state index in [1.165, 1.54) is 32.9 Å². The molecule has 0 amide bonds. The predicted octanol–water partition coefficient (Wildman–Crippen LogP) is 4.58. The molecule has 1 aromatic heterocycles. The van der Waals surface area contributed by atoms with E-state index in [1.807, 2.05) is 12.1 Å². The summed E-state index contributed by atoms with van der Waals surface area (Å²) in [5, 5.41) is 2.59. The number of nitrogen functional groups attached to an aromatic ring is 1. The number of nitrogens with zero attached hydrogens (tertiary/aromatic N) is 1. The fraction of sp³-hybridized carbons (Fsp3) is 0.0526. The Hall–Kier alpha value is -2.74. The maximum atomic E-state index is 5.77. The predicted molar refractivity (Wildman–Crippen MR) is 90.3 cm³/mol. The van der Waals surface area contributed by atoms with Crippen LogP contribution in [-0.4, -0.2) is 4.57 Å². The number of fused-ring (bicyclic) bond motifs is 3. The Kier molecular flexibility index (Phi) is 2.51. The highest BCUT2D eigenvalue weighted by Gasteiger charge is 2.08. The van der Waals surface area contributed by atoms with Gasteiger partial charge < -0.3 is 10.3 Å². The van der Waals surface area contributed by atoms with Gasteiger partial charge in [0, 0.05) is 34.5 Å². The average molecular weight is 272 g/mol. The van der Waals surface area contributed by atoms with E-state index in [0.717, 1.165) is 5.69 Å². The van der Waals surface area contributed by atoms with Gasteiger partial charge in [-0.2, -0.15) is 0 Å². The standard InChI is InChI=1S/C19H16N2/c1-21-18-5-3-2-4-16(18)17-12-14(8-11-19(17)21)13-6-9-15(20)10-7-13/h2-12H,20H2,1H3. The first-order chi connectivity index (χ1) is 10.2. The van der Waals surface area contributed by atoms with E-state index in [9.17, 15) is 0 Å². The van der Waals surface area contributed by atoms with Crippen molar-refractivity contribution in [1.82, 2.24) is 4.57 Å². The van der Waals surface area contributed by atoms with Crippen molar-refractivity contribution in [2.75, 3.05) is 5.73 Å². The van der Waals surface area contributed by atoms with Crippen LogP contribution in [0.25, 0.3) is 32.9 Å². The Balaban J connectivity index is 2.01. The van der Waals surface area contributed by atoms with Crippen LogP contribution in [0.15, 0.2) is 66.7 Å². The van der Waals surface area contributed by atoms with E-state index >= 15 is 0 Å². The molecule has 1 heterocycles. The van der Waals surface area contributed by atoms with E-state index in [1.54, 1.807) is 0 Å². The summed E-state index contributed by atoms with van der Waals surface area (Å²) in [6.45, 7) is 0. The lowest BCUT2D eigenvalue weighted by atomic mass is 10.0. The average Bonchev–Trinajstić information content (AvgIpc) is 2.81. The third-order valence-corrected chi connectivity index (χ3v) is 4.16. The van der Waals surface area contributed by atoms with Crippen molar-refractivity contribution in [3.05, 3.63) is 66.7 Å². The van der Waals surface area contributed by atoms with Crippen LogP contribution in [0.1, 0.15) is 0 Å². The third-order valence-electron chi connectivity index (χ3n) is 4.16. The molecule has 0 atom stereocenters. The minimum atomic E-state index is 0.796. The summed E-state index contributed by atoms with van der Waals surface area (Å²) in [5.41, 5.74) is 11.5. The minimum absolute atomic E-state index is 0.796. The van der Waals surface area contributed by atoms with Gasteiger partial charge in [0.1, 0.15) is 0 Å². The summed E-state index contributed by atoms with van der Waals surface area (Å²) in [6.07, 6.45) is 0. The molecule has 0 fully saturated rings. The molecule has 2 heteroatoms. The molecule has 21 heavy (non-hydrogen) atoms. The summed E-state index contributed by atoms with van der Waals surface area (Å²) in [7, 11) is 2.12. The SMILES string of the molecule is Cn1c2ccccc2c2cc(-c3ccc(N)cc3)ccc21. The highest BCUT2D eigenvalue weighted by Crippen LogP contribution is 2.31. The van der Waals surface area contributed by atoms with Gasteiger partial charge in [0.15, 0.2) is 0 Å². The van der Waals surface area contributed by atoms with Gasteiger partial charge in [-0.25, -0.2) is 0 Å². The molecule has 0 bridgehead atoms. The van der Waals surface area contributed by atoms with Gasteiger partial charge in [-0.1, -0.05) is 36.4 Å². The van der Waals surface area contributed by atoms with Gasteiger partial charge >= 0.3 is 0 Å². The number of benzene rings is 3. The first-order valence-corrected chi connectivity index (χ1v) is 7.07. The second-order valence-electron chi connectivity index (χ2n) is 5.43. The van der Waals surface area contributed by atoms with Crippen LogP contribution >= 0.6 is 0 Å². The van der Waals surface area contributed by atoms with Crippen molar-refractivity contribution in [3.8, 4) is 11.1 Å². The van der Waals surface area contributed by atoms with E-state index in [4.69, 9.17) is 5.73 Å². The lowest BCUT2D eigenvalue weighted by molar-refractivity contribution is 1.01. The Morgan fingerprint density at radius 2 is 1.38 bits per heavy atom. The summed E-state index contributed by atoms with van der Waals surface area (Å²) in [4.78, 5) is 0. The quantitative estimate of drug-likeness (QED) is 0.505. The van der Waals surface area contributed by atoms with Crippen molar-refractivity contribution >= 4 is 27.5 Å². The van der Waals surface area contributed by atoms with Crippen LogP contribution in [0.3, 0.4) is 0 Å². The zero-order valence-electron chi connectivity index (χ0n) is 11.9. The van der Waals surface area contributed by atoms with Crippen molar-refractivity contribution in [3.63, 3.8) is 0 Å². The number of aryl methyl sites for hydroxylation is 1. The zero-order valence-corrected chi connectivity index (χ0v) is 11.9. The second kappa shape index (κ2) is 4.38. The van der Waals surface area contributed by atoms with Gasteiger partial charge in [-0.3, -0.25) is 0 Å².